The summed E-state index contributed by atoms with van der Waals surface area (Å²) in [5.41, 5.74) is 22.8. The first-order chi connectivity index (χ1) is 36.6. The van der Waals surface area contributed by atoms with Gasteiger partial charge in [0.2, 0.25) is 65.0 Å². The van der Waals surface area contributed by atoms with Crippen LogP contribution in [0.25, 0.3) is 0 Å². The number of phenolic OH excluding ortho intramolecular Hbond substituents is 1. The van der Waals surface area contributed by atoms with Crippen molar-refractivity contribution in [1.29, 1.82) is 0 Å². The minimum absolute atomic E-state index is 0.0162. The van der Waals surface area contributed by atoms with Gasteiger partial charge in [-0.3, -0.25) is 57.7 Å². The number of carbonyl (C=O) groups excluding carboxylic acids is 11. The van der Waals surface area contributed by atoms with Gasteiger partial charge in [0, 0.05) is 43.9 Å². The summed E-state index contributed by atoms with van der Waals surface area (Å²) in [6, 6.07) is 5.34. The van der Waals surface area contributed by atoms with Crippen LogP contribution >= 0.6 is 21.6 Å². The Kier molecular flexibility index (Phi) is 25.3. The molecule has 0 aliphatic carbocycles. The molecule has 2 aliphatic rings. The second kappa shape index (κ2) is 31.4. The van der Waals surface area contributed by atoms with Gasteiger partial charge >= 0.3 is 0 Å². The summed E-state index contributed by atoms with van der Waals surface area (Å²) in [7, 11) is 2.23. The normalized spacial score (nSPS) is 21.4. The lowest BCUT2D eigenvalue weighted by molar-refractivity contribution is -0.142. The molecule has 0 aromatic heterocycles. The molecule has 0 saturated carbocycles. The second-order valence-corrected chi connectivity index (χ2v) is 21.4. The number of nitrogens with two attached hydrogens (primary N) is 4. The van der Waals surface area contributed by atoms with E-state index in [2.05, 4.69) is 47.5 Å². The SMILES string of the molecule is CC(C)C[C@@H]1NC(=O)[C@H](Cc2ccccc2)NC(=O)[C@H](Cc2ccc(O)cc2)NC(=O)CCSSC[C@@H](C(=O)N2CCC[C@H]2C(=O)N[C@@H](CCCN=C(N)N)C(=O)NCC(=O)NCC(N)=O)NC(=O)[C@H](CC(N)=O)NC1=O. The fourth-order valence-electron chi connectivity index (χ4n) is 8.17. The van der Waals surface area contributed by atoms with Crippen LogP contribution in [0.2, 0.25) is 0 Å². The Hall–Kier alpha value is -7.62. The molecule has 2 saturated heterocycles. The zero-order chi connectivity index (χ0) is 56.6. The summed E-state index contributed by atoms with van der Waals surface area (Å²) in [4.78, 5) is 154. The highest BCUT2D eigenvalue weighted by atomic mass is 33.1. The highest BCUT2D eigenvalue weighted by molar-refractivity contribution is 8.76. The molecule has 0 bridgehead atoms. The Morgan fingerprint density at radius 3 is 1.99 bits per heavy atom. The predicted octanol–water partition coefficient (Wildman–Crippen LogP) is -3.44. The Labute approximate surface area is 453 Å². The van der Waals surface area contributed by atoms with Crippen molar-refractivity contribution in [1.82, 2.24) is 47.4 Å². The van der Waals surface area contributed by atoms with Gasteiger partial charge < -0.3 is 75.5 Å². The lowest BCUT2D eigenvalue weighted by Gasteiger charge is -2.31. The number of carbonyl (C=O) groups is 11. The number of phenols is 1. The molecule has 4 rings (SSSR count). The number of hydrogen-bond acceptors (Lipinski definition) is 15. The van der Waals surface area contributed by atoms with Crippen LogP contribution in [0.3, 0.4) is 0 Å². The summed E-state index contributed by atoms with van der Waals surface area (Å²) in [6.45, 7) is 2.63. The van der Waals surface area contributed by atoms with Gasteiger partial charge in [-0.25, -0.2) is 0 Å². The topological polar surface area (TPSA) is 424 Å². The van der Waals surface area contributed by atoms with E-state index >= 15 is 0 Å². The van der Waals surface area contributed by atoms with E-state index in [-0.39, 0.29) is 87.2 Å². The number of benzene rings is 2. The van der Waals surface area contributed by atoms with E-state index in [1.165, 1.54) is 17.0 Å². The number of guanidine groups is 1. The molecular formula is C49H70N14O12S2. The van der Waals surface area contributed by atoms with Gasteiger partial charge in [-0.15, -0.1) is 0 Å². The van der Waals surface area contributed by atoms with Crippen molar-refractivity contribution in [3.8, 4) is 5.75 Å². The summed E-state index contributed by atoms with van der Waals surface area (Å²) >= 11 is 0. The van der Waals surface area contributed by atoms with Crippen molar-refractivity contribution in [2.24, 2.45) is 33.8 Å². The maximum Gasteiger partial charge on any atom is 0.246 e. The average Bonchev–Trinajstić information content (AvgIpc) is 3.87. The zero-order valence-electron chi connectivity index (χ0n) is 42.9. The average molecular weight is 1110 g/mol. The van der Waals surface area contributed by atoms with Gasteiger partial charge in [0.1, 0.15) is 48.0 Å². The Morgan fingerprint density at radius 1 is 0.740 bits per heavy atom. The lowest BCUT2D eigenvalue weighted by Crippen LogP contribution is -2.61. The largest absolute Gasteiger partial charge is 0.508 e. The van der Waals surface area contributed by atoms with Crippen molar-refractivity contribution in [3.05, 3.63) is 65.7 Å². The van der Waals surface area contributed by atoms with Crippen molar-refractivity contribution < 1.29 is 57.8 Å². The molecule has 2 aromatic rings. The number of amides is 11. The van der Waals surface area contributed by atoms with Crippen LogP contribution < -0.4 is 65.5 Å². The standard InChI is InChI=1S/C49H70N14O12S2/c1-27(2)20-32-43(70)61-35(23-38(50)65)46(73)62-36(48(75)63-18-7-11-37(63)47(74)58-31(10-6-17-54-49(52)53)42(69)56-25-41(68)55-24-39(51)66)26-77-76-19-16-40(67)57-33(22-29-12-14-30(64)15-13-29)44(71)60-34(45(72)59-32)21-28-8-4-3-5-9-28/h3-5,8-9,12-15,27,31-37,64H,6-7,10-11,16-26H2,1-2H3,(H2,50,65)(H2,51,66)(H,55,68)(H,56,69)(H,57,67)(H,58,74)(H,59,72)(H,60,71)(H,61,70)(H,62,73)(H4,52,53,54)/t31-,32-,33-,34-,35-,36-,37-/m0/s1. The zero-order valence-corrected chi connectivity index (χ0v) is 44.5. The molecule has 26 nitrogen and oxygen atoms in total. The van der Waals surface area contributed by atoms with Crippen LogP contribution in [0, 0.1) is 5.92 Å². The van der Waals surface area contributed by atoms with Crippen molar-refractivity contribution >= 4 is 92.5 Å². The van der Waals surface area contributed by atoms with Gasteiger partial charge in [0.25, 0.3) is 0 Å². The molecular weight excluding hydrogens is 1040 g/mol. The Bertz CT molecular complexity index is 2450. The number of rotatable bonds is 20. The van der Waals surface area contributed by atoms with Gasteiger partial charge in [-0.1, -0.05) is 77.9 Å². The smallest absolute Gasteiger partial charge is 0.246 e. The van der Waals surface area contributed by atoms with Crippen LogP contribution in [-0.4, -0.2) is 161 Å². The van der Waals surface area contributed by atoms with Crippen molar-refractivity contribution in [3.63, 3.8) is 0 Å². The van der Waals surface area contributed by atoms with E-state index < -0.39 is 127 Å². The predicted molar refractivity (Wildman–Crippen MR) is 286 cm³/mol. The number of aromatic hydroxyl groups is 1. The highest BCUT2D eigenvalue weighted by Crippen LogP contribution is 2.26. The monoisotopic (exact) mass is 1110 g/mol. The van der Waals surface area contributed by atoms with E-state index in [0.717, 1.165) is 21.6 Å². The second-order valence-electron chi connectivity index (χ2n) is 18.7. The molecule has 2 heterocycles. The molecule has 420 valence electrons. The molecule has 2 aromatic carbocycles. The maximum absolute atomic E-state index is 14.7. The Morgan fingerprint density at radius 2 is 1.35 bits per heavy atom. The molecule has 2 aliphatic heterocycles. The van der Waals surface area contributed by atoms with E-state index in [1.807, 2.05) is 0 Å². The minimum atomic E-state index is -1.68. The number of primary amides is 2. The number of aliphatic imine (C=N–C) groups is 1. The molecule has 28 heteroatoms. The first-order valence-electron chi connectivity index (χ1n) is 24.9. The third-order valence-corrected chi connectivity index (χ3v) is 14.4. The number of nitrogens with one attached hydrogen (secondary N) is 8. The van der Waals surface area contributed by atoms with Crippen LogP contribution in [-0.2, 0) is 65.6 Å². The fourth-order valence-corrected chi connectivity index (χ4v) is 10.3. The summed E-state index contributed by atoms with van der Waals surface area (Å²) in [5, 5.41) is 30.6. The molecule has 0 radical (unpaired) electrons. The summed E-state index contributed by atoms with van der Waals surface area (Å²) < 4.78 is 0. The van der Waals surface area contributed by atoms with E-state index in [1.54, 1.807) is 56.3 Å². The molecule has 2 fully saturated rings. The Balaban J connectivity index is 1.66. The number of hydrogen-bond donors (Lipinski definition) is 13. The van der Waals surface area contributed by atoms with Gasteiger partial charge in [0.15, 0.2) is 5.96 Å². The molecule has 77 heavy (non-hydrogen) atoms. The molecule has 11 amide bonds. The first-order valence-corrected chi connectivity index (χ1v) is 27.4. The molecule has 17 N–H and O–H groups in total. The number of likely N-dealkylation sites (tertiary alicyclic amines) is 1. The quantitative estimate of drug-likeness (QED) is 0.0265. The third kappa shape index (κ3) is 21.9. The van der Waals surface area contributed by atoms with Gasteiger partial charge in [0.05, 0.1) is 19.5 Å². The van der Waals surface area contributed by atoms with Gasteiger partial charge in [-0.05, 0) is 61.3 Å². The van der Waals surface area contributed by atoms with Crippen molar-refractivity contribution in [2.75, 3.05) is 37.7 Å². The third-order valence-electron chi connectivity index (χ3n) is 12.0. The lowest BCUT2D eigenvalue weighted by atomic mass is 9.99. The fraction of sp³-hybridized carbons (Fsp3) is 0.510. The van der Waals surface area contributed by atoms with E-state index in [0.29, 0.717) is 17.5 Å². The van der Waals surface area contributed by atoms with Crippen LogP contribution in [0.1, 0.15) is 69.9 Å². The van der Waals surface area contributed by atoms with Crippen LogP contribution in [0.5, 0.6) is 5.75 Å². The number of nitrogens with zero attached hydrogens (tertiary/aromatic N) is 2. The first kappa shape index (κ1) is 61.9. The minimum Gasteiger partial charge on any atom is -0.508 e. The molecule has 7 atom stereocenters. The molecule has 0 spiro atoms. The summed E-state index contributed by atoms with van der Waals surface area (Å²) in [5.74, 6) is -9.26. The summed E-state index contributed by atoms with van der Waals surface area (Å²) in [6.07, 6.45) is -0.290. The molecule has 0 unspecified atom stereocenters. The van der Waals surface area contributed by atoms with Crippen molar-refractivity contribution in [2.45, 2.75) is 114 Å². The van der Waals surface area contributed by atoms with Crippen LogP contribution in [0.4, 0.5) is 0 Å². The highest BCUT2D eigenvalue weighted by Gasteiger charge is 2.40. The van der Waals surface area contributed by atoms with E-state index in [9.17, 15) is 57.8 Å². The van der Waals surface area contributed by atoms with E-state index in [4.69, 9.17) is 22.9 Å². The van der Waals surface area contributed by atoms with Crippen LogP contribution in [0.15, 0.2) is 59.6 Å². The van der Waals surface area contributed by atoms with Gasteiger partial charge in [-0.2, -0.15) is 0 Å². The maximum atomic E-state index is 14.7.